The molecule has 1 N–H and O–H groups in total. The van der Waals surface area contributed by atoms with Gasteiger partial charge in [0.05, 0.1) is 11.9 Å². The van der Waals surface area contributed by atoms with Gasteiger partial charge in [-0.3, -0.25) is 14.1 Å². The van der Waals surface area contributed by atoms with E-state index in [1.54, 1.807) is 36.7 Å². The second kappa shape index (κ2) is 7.92. The molecule has 7 heteroatoms. The number of amides is 1. The van der Waals surface area contributed by atoms with Crippen molar-refractivity contribution in [3.8, 4) is 0 Å². The molecule has 0 saturated carbocycles. The molecular formula is C17H21N3O3S. The van der Waals surface area contributed by atoms with E-state index in [1.807, 2.05) is 19.1 Å². The number of aryl methyl sites for hydroxylation is 1. The lowest BCUT2D eigenvalue weighted by Gasteiger charge is -2.22. The van der Waals surface area contributed by atoms with Crippen LogP contribution >= 0.6 is 0 Å². The third-order valence-electron chi connectivity index (χ3n) is 3.56. The van der Waals surface area contributed by atoms with Crippen molar-refractivity contribution >= 4 is 21.6 Å². The van der Waals surface area contributed by atoms with E-state index in [4.69, 9.17) is 0 Å². The van der Waals surface area contributed by atoms with Crippen molar-refractivity contribution in [2.24, 2.45) is 0 Å². The molecule has 2 aromatic rings. The van der Waals surface area contributed by atoms with Gasteiger partial charge in [-0.2, -0.15) is 0 Å². The number of benzene rings is 1. The highest BCUT2D eigenvalue weighted by Crippen LogP contribution is 2.18. The van der Waals surface area contributed by atoms with E-state index in [1.165, 1.54) is 0 Å². The van der Waals surface area contributed by atoms with Crippen molar-refractivity contribution in [3.05, 3.63) is 59.9 Å². The number of aromatic nitrogens is 1. The van der Waals surface area contributed by atoms with Crippen LogP contribution in [0, 0.1) is 0 Å². The van der Waals surface area contributed by atoms with Crippen LogP contribution < -0.4 is 9.62 Å². The van der Waals surface area contributed by atoms with E-state index >= 15 is 0 Å². The fourth-order valence-electron chi connectivity index (χ4n) is 2.19. The first kappa shape index (κ1) is 17.9. The van der Waals surface area contributed by atoms with Crippen LogP contribution in [0.15, 0.2) is 48.8 Å². The van der Waals surface area contributed by atoms with Gasteiger partial charge in [-0.1, -0.05) is 19.1 Å². The lowest BCUT2D eigenvalue weighted by molar-refractivity contribution is -0.119. The second-order valence-electron chi connectivity index (χ2n) is 5.42. The number of sulfonamides is 1. The first-order chi connectivity index (χ1) is 11.4. The van der Waals surface area contributed by atoms with Crippen LogP contribution in [0.3, 0.4) is 0 Å². The van der Waals surface area contributed by atoms with E-state index in [0.717, 1.165) is 28.1 Å². The van der Waals surface area contributed by atoms with Gasteiger partial charge >= 0.3 is 0 Å². The van der Waals surface area contributed by atoms with Gasteiger partial charge in [-0.05, 0) is 41.8 Å². The lowest BCUT2D eigenvalue weighted by Crippen LogP contribution is -2.40. The van der Waals surface area contributed by atoms with E-state index in [0.29, 0.717) is 12.2 Å². The van der Waals surface area contributed by atoms with Crippen LogP contribution in [0.5, 0.6) is 0 Å². The molecule has 6 nitrogen and oxygen atoms in total. The summed E-state index contributed by atoms with van der Waals surface area (Å²) in [6.45, 7) is 2.10. The van der Waals surface area contributed by atoms with Crippen LogP contribution in [0.2, 0.25) is 0 Å². The minimum Gasteiger partial charge on any atom is -0.350 e. The number of rotatable bonds is 7. The Labute approximate surface area is 142 Å². The van der Waals surface area contributed by atoms with Crippen molar-refractivity contribution in [2.75, 3.05) is 17.1 Å². The van der Waals surface area contributed by atoms with Gasteiger partial charge in [0.1, 0.15) is 6.54 Å². The van der Waals surface area contributed by atoms with E-state index in [2.05, 4.69) is 10.3 Å². The molecule has 0 spiro atoms. The first-order valence-corrected chi connectivity index (χ1v) is 9.47. The number of pyridine rings is 1. The topological polar surface area (TPSA) is 79.4 Å². The zero-order chi connectivity index (χ0) is 17.6. The Morgan fingerprint density at radius 1 is 1.08 bits per heavy atom. The fraction of sp³-hybridized carbons (Fsp3) is 0.294. The Balaban J connectivity index is 2.07. The van der Waals surface area contributed by atoms with Crippen molar-refractivity contribution in [2.45, 2.75) is 19.9 Å². The van der Waals surface area contributed by atoms with Gasteiger partial charge in [0, 0.05) is 18.9 Å². The number of carbonyl (C=O) groups is 1. The van der Waals surface area contributed by atoms with Crippen LogP contribution in [0.25, 0.3) is 0 Å². The SMILES string of the molecule is CCc1ccc(N(CC(=O)NCc2ccncc2)S(C)(=O)=O)cc1. The van der Waals surface area contributed by atoms with Gasteiger partial charge in [-0.15, -0.1) is 0 Å². The zero-order valence-corrected chi connectivity index (χ0v) is 14.6. The Bertz CT molecular complexity index is 774. The molecular weight excluding hydrogens is 326 g/mol. The molecule has 0 aliphatic heterocycles. The van der Waals surface area contributed by atoms with Crippen LogP contribution in [-0.4, -0.2) is 32.1 Å². The summed E-state index contributed by atoms with van der Waals surface area (Å²) in [5.74, 6) is -0.364. The molecule has 1 aromatic carbocycles. The molecule has 0 aliphatic carbocycles. The maximum atomic E-state index is 12.1. The van der Waals surface area contributed by atoms with Crippen LogP contribution in [0.1, 0.15) is 18.1 Å². The van der Waals surface area contributed by atoms with Gasteiger partial charge in [0.2, 0.25) is 15.9 Å². The summed E-state index contributed by atoms with van der Waals surface area (Å²) in [5.41, 5.74) is 2.49. The lowest BCUT2D eigenvalue weighted by atomic mass is 10.1. The van der Waals surface area contributed by atoms with Crippen molar-refractivity contribution in [1.29, 1.82) is 0 Å². The van der Waals surface area contributed by atoms with Crippen LogP contribution in [-0.2, 0) is 27.8 Å². The Kier molecular flexibility index (Phi) is 5.92. The molecule has 1 amide bonds. The molecule has 0 saturated heterocycles. The number of anilines is 1. The summed E-state index contributed by atoms with van der Waals surface area (Å²) < 4.78 is 25.2. The Morgan fingerprint density at radius 3 is 2.25 bits per heavy atom. The molecule has 1 aromatic heterocycles. The largest absolute Gasteiger partial charge is 0.350 e. The number of nitrogens with zero attached hydrogens (tertiary/aromatic N) is 2. The number of hydrogen-bond acceptors (Lipinski definition) is 4. The monoisotopic (exact) mass is 347 g/mol. The number of hydrogen-bond donors (Lipinski definition) is 1. The predicted octanol–water partition coefficient (Wildman–Crippen LogP) is 1.73. The molecule has 0 radical (unpaired) electrons. The molecule has 1 heterocycles. The number of carbonyl (C=O) groups excluding carboxylic acids is 1. The van der Waals surface area contributed by atoms with Crippen molar-refractivity contribution < 1.29 is 13.2 Å². The average molecular weight is 347 g/mol. The summed E-state index contributed by atoms with van der Waals surface area (Å²) in [7, 11) is -3.55. The predicted molar refractivity (Wildman–Crippen MR) is 94.1 cm³/mol. The maximum Gasteiger partial charge on any atom is 0.241 e. The molecule has 0 unspecified atom stereocenters. The quantitative estimate of drug-likeness (QED) is 0.827. The molecule has 0 aliphatic rings. The normalized spacial score (nSPS) is 11.1. The van der Waals surface area contributed by atoms with Crippen molar-refractivity contribution in [3.63, 3.8) is 0 Å². The van der Waals surface area contributed by atoms with Gasteiger partial charge in [0.15, 0.2) is 0 Å². The first-order valence-electron chi connectivity index (χ1n) is 7.62. The minimum absolute atomic E-state index is 0.255. The van der Waals surface area contributed by atoms with Gasteiger partial charge < -0.3 is 5.32 Å². The third kappa shape index (κ3) is 5.06. The van der Waals surface area contributed by atoms with E-state index in [9.17, 15) is 13.2 Å². The highest BCUT2D eigenvalue weighted by Gasteiger charge is 2.20. The molecule has 128 valence electrons. The Hall–Kier alpha value is -2.41. The highest BCUT2D eigenvalue weighted by atomic mass is 32.2. The van der Waals surface area contributed by atoms with Gasteiger partial charge in [0.25, 0.3) is 0 Å². The smallest absolute Gasteiger partial charge is 0.241 e. The highest BCUT2D eigenvalue weighted by molar-refractivity contribution is 7.92. The average Bonchev–Trinajstić information content (AvgIpc) is 2.58. The zero-order valence-electron chi connectivity index (χ0n) is 13.8. The molecule has 0 fully saturated rings. The standard InChI is InChI=1S/C17H21N3O3S/c1-3-14-4-6-16(7-5-14)20(24(2,22)23)13-17(21)19-12-15-8-10-18-11-9-15/h4-11H,3,12-13H2,1-2H3,(H,19,21). The summed E-state index contributed by atoms with van der Waals surface area (Å²) in [6.07, 6.45) is 5.24. The molecule has 24 heavy (non-hydrogen) atoms. The number of nitrogens with one attached hydrogen (secondary N) is 1. The molecule has 0 atom stereocenters. The summed E-state index contributed by atoms with van der Waals surface area (Å²) >= 11 is 0. The van der Waals surface area contributed by atoms with E-state index in [-0.39, 0.29) is 12.5 Å². The summed E-state index contributed by atoms with van der Waals surface area (Å²) in [5, 5.41) is 2.72. The maximum absolute atomic E-state index is 12.1. The third-order valence-corrected chi connectivity index (χ3v) is 4.70. The molecule has 0 bridgehead atoms. The molecule has 2 rings (SSSR count). The van der Waals surface area contributed by atoms with E-state index < -0.39 is 10.0 Å². The Morgan fingerprint density at radius 2 is 1.71 bits per heavy atom. The summed E-state index contributed by atoms with van der Waals surface area (Å²) in [4.78, 5) is 16.0. The fourth-order valence-corrected chi connectivity index (χ4v) is 3.04. The van der Waals surface area contributed by atoms with Crippen molar-refractivity contribution in [1.82, 2.24) is 10.3 Å². The van der Waals surface area contributed by atoms with Crippen LogP contribution in [0.4, 0.5) is 5.69 Å². The van der Waals surface area contributed by atoms with Gasteiger partial charge in [-0.25, -0.2) is 8.42 Å². The summed E-state index contributed by atoms with van der Waals surface area (Å²) in [6, 6.07) is 10.7. The minimum atomic E-state index is -3.55. The second-order valence-corrected chi connectivity index (χ2v) is 7.33.